The van der Waals surface area contributed by atoms with Crippen molar-refractivity contribution in [2.45, 2.75) is 23.8 Å². The van der Waals surface area contributed by atoms with Crippen LogP contribution in [0, 0.1) is 10.1 Å². The molecule has 1 saturated heterocycles. The molecule has 29 heavy (non-hydrogen) atoms. The average Bonchev–Trinajstić information content (AvgIpc) is 3.50. The second-order valence-electron chi connectivity index (χ2n) is 7.05. The van der Waals surface area contributed by atoms with Crippen LogP contribution in [0.4, 0.5) is 5.69 Å². The molecule has 158 valence electrons. The normalized spacial score (nSPS) is 17.7. The van der Waals surface area contributed by atoms with Crippen molar-refractivity contribution >= 4 is 27.5 Å². The van der Waals surface area contributed by atoms with Crippen molar-refractivity contribution < 1.29 is 22.9 Å². The Kier molecular flexibility index (Phi) is 6.45. The van der Waals surface area contributed by atoms with Gasteiger partial charge in [0.05, 0.1) is 18.0 Å². The number of hydrogen-bond donors (Lipinski definition) is 2. The molecular formula is C17H23N5O6S. The standard InChI is InChI=1S/C17H23N5O6S/c23-16(19-13-5-6-13)12-20-7-9-21(10-8-20)17(24)11-18-29(27,28)15-4-2-1-3-14(15)22(25)26/h1-4,13,18H,5-12H2,(H,19,23). The van der Waals surface area contributed by atoms with E-state index in [0.717, 1.165) is 25.0 Å². The van der Waals surface area contributed by atoms with Gasteiger partial charge in [0.1, 0.15) is 0 Å². The van der Waals surface area contributed by atoms with Crippen LogP contribution in [0.15, 0.2) is 29.2 Å². The number of piperazine rings is 1. The minimum atomic E-state index is -4.20. The lowest BCUT2D eigenvalue weighted by molar-refractivity contribution is -0.387. The van der Waals surface area contributed by atoms with Gasteiger partial charge >= 0.3 is 0 Å². The van der Waals surface area contributed by atoms with Gasteiger partial charge in [-0.05, 0) is 18.9 Å². The molecule has 2 amide bonds. The van der Waals surface area contributed by atoms with Crippen LogP contribution in [0.1, 0.15) is 12.8 Å². The van der Waals surface area contributed by atoms with E-state index in [1.807, 2.05) is 4.90 Å². The molecule has 11 nitrogen and oxygen atoms in total. The summed E-state index contributed by atoms with van der Waals surface area (Å²) < 4.78 is 26.9. The summed E-state index contributed by atoms with van der Waals surface area (Å²) in [4.78, 5) is 37.4. The number of carbonyl (C=O) groups is 2. The van der Waals surface area contributed by atoms with Crippen molar-refractivity contribution in [1.82, 2.24) is 19.8 Å². The van der Waals surface area contributed by atoms with Gasteiger partial charge in [-0.2, -0.15) is 0 Å². The minimum Gasteiger partial charge on any atom is -0.352 e. The third kappa shape index (κ3) is 5.71. The smallest absolute Gasteiger partial charge is 0.289 e. The van der Waals surface area contributed by atoms with Gasteiger partial charge in [0.15, 0.2) is 4.90 Å². The molecule has 1 saturated carbocycles. The number of nitrogens with one attached hydrogen (secondary N) is 2. The molecule has 2 N–H and O–H groups in total. The maximum absolute atomic E-state index is 12.4. The number of carbonyl (C=O) groups excluding carboxylic acids is 2. The minimum absolute atomic E-state index is 0.0236. The maximum atomic E-state index is 12.4. The van der Waals surface area contributed by atoms with E-state index < -0.39 is 38.0 Å². The van der Waals surface area contributed by atoms with Crippen molar-refractivity contribution in [2.24, 2.45) is 0 Å². The Labute approximate surface area is 168 Å². The summed E-state index contributed by atoms with van der Waals surface area (Å²) in [5, 5.41) is 13.9. The Balaban J connectivity index is 1.48. The molecule has 1 aliphatic carbocycles. The van der Waals surface area contributed by atoms with Gasteiger partial charge in [-0.3, -0.25) is 24.6 Å². The molecule has 2 aliphatic rings. The van der Waals surface area contributed by atoms with Crippen LogP contribution < -0.4 is 10.0 Å². The van der Waals surface area contributed by atoms with E-state index in [0.29, 0.717) is 32.2 Å². The summed E-state index contributed by atoms with van der Waals surface area (Å²) in [6.45, 7) is 1.58. The van der Waals surface area contributed by atoms with E-state index in [-0.39, 0.29) is 12.5 Å². The molecule has 12 heteroatoms. The molecule has 1 aromatic carbocycles. The van der Waals surface area contributed by atoms with Crippen LogP contribution in [0.5, 0.6) is 0 Å². The zero-order valence-electron chi connectivity index (χ0n) is 15.7. The maximum Gasteiger partial charge on any atom is 0.289 e. The monoisotopic (exact) mass is 425 g/mol. The van der Waals surface area contributed by atoms with Crippen molar-refractivity contribution in [3.8, 4) is 0 Å². The lowest BCUT2D eigenvalue weighted by Gasteiger charge is -2.34. The van der Waals surface area contributed by atoms with Gasteiger partial charge < -0.3 is 10.2 Å². The van der Waals surface area contributed by atoms with Crippen LogP contribution in [0.2, 0.25) is 0 Å². The van der Waals surface area contributed by atoms with E-state index in [1.165, 1.54) is 17.0 Å². The van der Waals surface area contributed by atoms with Gasteiger partial charge in [0, 0.05) is 38.3 Å². The summed E-state index contributed by atoms with van der Waals surface area (Å²) in [7, 11) is -4.20. The highest BCUT2D eigenvalue weighted by Gasteiger charge is 2.28. The first kappa shape index (κ1) is 21.1. The third-order valence-corrected chi connectivity index (χ3v) is 6.25. The van der Waals surface area contributed by atoms with Crippen LogP contribution in [0.25, 0.3) is 0 Å². The average molecular weight is 425 g/mol. The number of rotatable bonds is 8. The molecule has 1 aromatic rings. The predicted molar refractivity (Wildman–Crippen MR) is 102 cm³/mol. The molecule has 0 unspecified atom stereocenters. The summed E-state index contributed by atoms with van der Waals surface area (Å²) >= 11 is 0. The number of para-hydroxylation sites is 1. The SMILES string of the molecule is O=C(CN1CCN(C(=O)CNS(=O)(=O)c2ccccc2[N+](=O)[O-])CC1)NC1CC1. The molecule has 2 fully saturated rings. The van der Waals surface area contributed by atoms with Crippen molar-refractivity contribution in [1.29, 1.82) is 0 Å². The number of hydrogen-bond acceptors (Lipinski definition) is 7. The van der Waals surface area contributed by atoms with Crippen molar-refractivity contribution in [3.63, 3.8) is 0 Å². The van der Waals surface area contributed by atoms with Crippen molar-refractivity contribution in [2.75, 3.05) is 39.3 Å². The quantitative estimate of drug-likeness (QED) is 0.414. The van der Waals surface area contributed by atoms with Crippen LogP contribution >= 0.6 is 0 Å². The molecule has 0 radical (unpaired) electrons. The molecule has 1 heterocycles. The van der Waals surface area contributed by atoms with E-state index in [1.54, 1.807) is 0 Å². The largest absolute Gasteiger partial charge is 0.352 e. The van der Waals surface area contributed by atoms with Gasteiger partial charge in [-0.15, -0.1) is 0 Å². The van der Waals surface area contributed by atoms with Gasteiger partial charge in [-0.25, -0.2) is 13.1 Å². The fraction of sp³-hybridized carbons (Fsp3) is 0.529. The Morgan fingerprint density at radius 1 is 1.14 bits per heavy atom. The van der Waals surface area contributed by atoms with E-state index in [4.69, 9.17) is 0 Å². The fourth-order valence-corrected chi connectivity index (χ4v) is 4.19. The highest BCUT2D eigenvalue weighted by molar-refractivity contribution is 7.89. The summed E-state index contributed by atoms with van der Waals surface area (Å²) in [6, 6.07) is 5.26. The molecule has 3 rings (SSSR count). The first-order valence-corrected chi connectivity index (χ1v) is 10.8. The molecule has 0 aromatic heterocycles. The number of nitro groups is 1. The Morgan fingerprint density at radius 2 is 1.79 bits per heavy atom. The lowest BCUT2D eigenvalue weighted by Crippen LogP contribution is -2.53. The molecular weight excluding hydrogens is 402 g/mol. The Hall–Kier alpha value is -2.57. The van der Waals surface area contributed by atoms with Gasteiger partial charge in [0.25, 0.3) is 5.69 Å². The van der Waals surface area contributed by atoms with E-state index >= 15 is 0 Å². The topological polar surface area (TPSA) is 142 Å². The third-order valence-electron chi connectivity index (χ3n) is 4.80. The van der Waals surface area contributed by atoms with Crippen molar-refractivity contribution in [3.05, 3.63) is 34.4 Å². The first-order chi connectivity index (χ1) is 13.8. The number of amides is 2. The van der Waals surface area contributed by atoms with E-state index in [9.17, 15) is 28.1 Å². The highest BCUT2D eigenvalue weighted by atomic mass is 32.2. The second-order valence-corrected chi connectivity index (χ2v) is 8.78. The predicted octanol–water partition coefficient (Wildman–Crippen LogP) is -0.704. The van der Waals surface area contributed by atoms with Crippen LogP contribution in [0.3, 0.4) is 0 Å². The molecule has 1 aliphatic heterocycles. The Bertz CT molecular complexity index is 893. The van der Waals surface area contributed by atoms with Gasteiger partial charge in [-0.1, -0.05) is 12.1 Å². The summed E-state index contributed by atoms with van der Waals surface area (Å²) in [6.07, 6.45) is 2.05. The summed E-state index contributed by atoms with van der Waals surface area (Å²) in [5.41, 5.74) is -0.550. The molecule has 0 spiro atoms. The number of nitro benzene ring substituents is 1. The fourth-order valence-electron chi connectivity index (χ4n) is 3.04. The van der Waals surface area contributed by atoms with E-state index in [2.05, 4.69) is 10.0 Å². The zero-order chi connectivity index (χ0) is 21.0. The lowest BCUT2D eigenvalue weighted by atomic mass is 10.3. The van der Waals surface area contributed by atoms with Gasteiger partial charge in [0.2, 0.25) is 21.8 Å². The first-order valence-electron chi connectivity index (χ1n) is 9.29. The number of nitrogens with zero attached hydrogens (tertiary/aromatic N) is 3. The van der Waals surface area contributed by atoms with Crippen LogP contribution in [-0.4, -0.2) is 80.3 Å². The molecule has 0 atom stereocenters. The Morgan fingerprint density at radius 3 is 2.41 bits per heavy atom. The zero-order valence-corrected chi connectivity index (χ0v) is 16.6. The van der Waals surface area contributed by atoms with Crippen LogP contribution in [-0.2, 0) is 19.6 Å². The highest BCUT2D eigenvalue weighted by Crippen LogP contribution is 2.22. The number of sulfonamides is 1. The molecule has 0 bridgehead atoms. The number of benzene rings is 1. The summed E-state index contributed by atoms with van der Waals surface area (Å²) in [5.74, 6) is -0.446. The second kappa shape index (κ2) is 8.84.